The normalized spacial score (nSPS) is 17.0. The molecule has 1 saturated heterocycles. The van der Waals surface area contributed by atoms with Crippen molar-refractivity contribution in [3.05, 3.63) is 70.8 Å². The summed E-state index contributed by atoms with van der Waals surface area (Å²) in [5.74, 6) is -0.120. The highest BCUT2D eigenvalue weighted by Crippen LogP contribution is 2.26. The van der Waals surface area contributed by atoms with Crippen molar-refractivity contribution in [2.75, 3.05) is 32.7 Å². The molecule has 1 fully saturated rings. The lowest BCUT2D eigenvalue weighted by atomic mass is 10.0. The maximum absolute atomic E-state index is 13.0. The molecule has 3 amide bonds. The third kappa shape index (κ3) is 4.00. The van der Waals surface area contributed by atoms with Crippen molar-refractivity contribution in [1.82, 2.24) is 14.7 Å². The summed E-state index contributed by atoms with van der Waals surface area (Å²) in [6, 6.07) is 14.3. The van der Waals surface area contributed by atoms with Gasteiger partial charge in [0.2, 0.25) is 0 Å². The van der Waals surface area contributed by atoms with Crippen molar-refractivity contribution in [1.29, 1.82) is 0 Å². The van der Waals surface area contributed by atoms with Crippen LogP contribution in [-0.4, -0.2) is 65.1 Å². The van der Waals surface area contributed by atoms with E-state index in [0.717, 1.165) is 25.2 Å². The van der Waals surface area contributed by atoms with Crippen LogP contribution in [0.3, 0.4) is 0 Å². The van der Waals surface area contributed by atoms with Crippen molar-refractivity contribution >= 4 is 17.7 Å². The van der Waals surface area contributed by atoms with E-state index in [9.17, 15) is 14.4 Å². The minimum absolute atomic E-state index is 0.0799. The lowest BCUT2D eigenvalue weighted by Gasteiger charge is -2.35. The molecule has 6 nitrogen and oxygen atoms in total. The predicted molar refractivity (Wildman–Crippen MR) is 114 cm³/mol. The lowest BCUT2D eigenvalue weighted by Crippen LogP contribution is -2.49. The van der Waals surface area contributed by atoms with Crippen LogP contribution in [0.2, 0.25) is 0 Å². The first-order chi connectivity index (χ1) is 14.4. The molecule has 156 valence electrons. The topological polar surface area (TPSA) is 60.9 Å². The van der Waals surface area contributed by atoms with Crippen LogP contribution in [-0.2, 0) is 6.54 Å². The van der Waals surface area contributed by atoms with Crippen LogP contribution in [0, 0.1) is 5.92 Å². The average molecular weight is 405 g/mol. The Balaban J connectivity index is 1.47. The van der Waals surface area contributed by atoms with Crippen LogP contribution in [0.15, 0.2) is 48.5 Å². The van der Waals surface area contributed by atoms with Gasteiger partial charge in [-0.2, -0.15) is 0 Å². The van der Waals surface area contributed by atoms with E-state index < -0.39 is 0 Å². The Morgan fingerprint density at radius 1 is 0.900 bits per heavy atom. The van der Waals surface area contributed by atoms with Gasteiger partial charge >= 0.3 is 0 Å². The number of imide groups is 1. The smallest absolute Gasteiger partial charge is 0.261 e. The maximum Gasteiger partial charge on any atom is 0.261 e. The minimum atomic E-state index is -0.338. The van der Waals surface area contributed by atoms with Gasteiger partial charge in [-0.25, -0.2) is 0 Å². The van der Waals surface area contributed by atoms with E-state index in [1.54, 1.807) is 18.2 Å². The molecular weight excluding hydrogens is 378 g/mol. The van der Waals surface area contributed by atoms with Crippen molar-refractivity contribution in [3.8, 4) is 0 Å². The summed E-state index contributed by atoms with van der Waals surface area (Å²) in [6.07, 6.45) is 0. The second-order valence-electron chi connectivity index (χ2n) is 8.43. The lowest BCUT2D eigenvalue weighted by molar-refractivity contribution is 0.0621. The van der Waals surface area contributed by atoms with Gasteiger partial charge < -0.3 is 4.90 Å². The zero-order valence-electron chi connectivity index (χ0n) is 17.5. The van der Waals surface area contributed by atoms with Crippen LogP contribution in [0.5, 0.6) is 0 Å². The van der Waals surface area contributed by atoms with Crippen LogP contribution in [0.1, 0.15) is 50.5 Å². The fourth-order valence-corrected chi connectivity index (χ4v) is 4.17. The summed E-state index contributed by atoms with van der Waals surface area (Å²) in [6.45, 7) is 8.73. The second-order valence-corrected chi connectivity index (χ2v) is 8.43. The molecule has 2 aliphatic rings. The van der Waals surface area contributed by atoms with Gasteiger partial charge in [-0.3, -0.25) is 24.2 Å². The van der Waals surface area contributed by atoms with Crippen LogP contribution < -0.4 is 0 Å². The molecule has 0 aromatic heterocycles. The summed E-state index contributed by atoms with van der Waals surface area (Å²) in [5.41, 5.74) is 2.05. The highest BCUT2D eigenvalue weighted by Gasteiger charge is 2.36. The number of benzene rings is 2. The minimum Gasteiger partial charge on any atom is -0.336 e. The number of rotatable bonds is 5. The summed E-state index contributed by atoms with van der Waals surface area (Å²) in [5, 5.41) is 0. The van der Waals surface area contributed by atoms with Gasteiger partial charge in [0.15, 0.2) is 0 Å². The molecule has 30 heavy (non-hydrogen) atoms. The number of fused-ring (bicyclic) bond motifs is 1. The van der Waals surface area contributed by atoms with E-state index in [4.69, 9.17) is 0 Å². The quantitative estimate of drug-likeness (QED) is 0.718. The Morgan fingerprint density at radius 3 is 2.23 bits per heavy atom. The molecule has 0 N–H and O–H groups in total. The zero-order valence-corrected chi connectivity index (χ0v) is 17.5. The van der Waals surface area contributed by atoms with Gasteiger partial charge in [0, 0.05) is 38.3 Å². The second kappa shape index (κ2) is 8.40. The molecule has 2 aliphatic heterocycles. The molecule has 2 heterocycles. The highest BCUT2D eigenvalue weighted by atomic mass is 16.2. The van der Waals surface area contributed by atoms with E-state index in [-0.39, 0.29) is 24.3 Å². The fourth-order valence-electron chi connectivity index (χ4n) is 4.17. The molecule has 2 aromatic carbocycles. The van der Waals surface area contributed by atoms with Gasteiger partial charge in [0.1, 0.15) is 0 Å². The summed E-state index contributed by atoms with van der Waals surface area (Å²) in [4.78, 5) is 44.1. The summed E-state index contributed by atoms with van der Waals surface area (Å²) < 4.78 is 0. The van der Waals surface area contributed by atoms with Crippen molar-refractivity contribution in [3.63, 3.8) is 0 Å². The molecular formula is C24H27N3O3. The summed E-state index contributed by atoms with van der Waals surface area (Å²) in [7, 11) is 0. The van der Waals surface area contributed by atoms with Crippen molar-refractivity contribution in [2.45, 2.75) is 20.4 Å². The number of nitrogens with zero attached hydrogens (tertiary/aromatic N) is 3. The molecule has 0 spiro atoms. The monoisotopic (exact) mass is 405 g/mol. The number of carbonyl (C=O) groups is 3. The van der Waals surface area contributed by atoms with Crippen LogP contribution >= 0.6 is 0 Å². The Kier molecular flexibility index (Phi) is 5.68. The zero-order chi connectivity index (χ0) is 21.3. The van der Waals surface area contributed by atoms with E-state index in [1.807, 2.05) is 35.2 Å². The Hall–Kier alpha value is -2.99. The highest BCUT2D eigenvalue weighted by molar-refractivity contribution is 6.22. The number of piperazine rings is 1. The van der Waals surface area contributed by atoms with E-state index in [0.29, 0.717) is 35.7 Å². The fraction of sp³-hybridized carbons (Fsp3) is 0.375. The van der Waals surface area contributed by atoms with E-state index >= 15 is 0 Å². The average Bonchev–Trinajstić information content (AvgIpc) is 2.98. The molecule has 0 saturated carbocycles. The van der Waals surface area contributed by atoms with Crippen LogP contribution in [0.25, 0.3) is 0 Å². The molecule has 0 radical (unpaired) electrons. The van der Waals surface area contributed by atoms with E-state index in [1.165, 1.54) is 4.90 Å². The summed E-state index contributed by atoms with van der Waals surface area (Å²) >= 11 is 0. The molecule has 6 heteroatoms. The number of hydrogen-bond acceptors (Lipinski definition) is 4. The van der Waals surface area contributed by atoms with Gasteiger partial charge in [-0.1, -0.05) is 44.2 Å². The maximum atomic E-state index is 13.0. The Morgan fingerprint density at radius 2 is 1.57 bits per heavy atom. The third-order valence-corrected chi connectivity index (χ3v) is 5.68. The SMILES string of the molecule is CC(C)CN1CCN(C(=O)c2ccc3c(c2)C(=O)N(Cc2ccccc2)C3=O)CC1. The van der Waals surface area contributed by atoms with Gasteiger partial charge in [-0.05, 0) is 29.7 Å². The van der Waals surface area contributed by atoms with Crippen molar-refractivity contribution < 1.29 is 14.4 Å². The number of hydrogen-bond donors (Lipinski definition) is 0. The standard InChI is InChI=1S/C24H27N3O3/c1-17(2)15-25-10-12-26(13-11-25)22(28)19-8-9-20-21(14-19)24(30)27(23(20)29)16-18-6-4-3-5-7-18/h3-9,14,17H,10-13,15-16H2,1-2H3. The first kappa shape index (κ1) is 20.3. The number of carbonyl (C=O) groups excluding carboxylic acids is 3. The van der Waals surface area contributed by atoms with Crippen LogP contribution in [0.4, 0.5) is 0 Å². The molecule has 2 aromatic rings. The largest absolute Gasteiger partial charge is 0.336 e. The van der Waals surface area contributed by atoms with Crippen molar-refractivity contribution in [2.24, 2.45) is 5.92 Å². The third-order valence-electron chi connectivity index (χ3n) is 5.68. The van der Waals surface area contributed by atoms with Gasteiger partial charge in [0.25, 0.3) is 17.7 Å². The van der Waals surface area contributed by atoms with E-state index in [2.05, 4.69) is 18.7 Å². The predicted octanol–water partition coefficient (Wildman–Crippen LogP) is 2.90. The molecule has 0 bridgehead atoms. The first-order valence-electron chi connectivity index (χ1n) is 10.5. The molecule has 0 atom stereocenters. The first-order valence-corrected chi connectivity index (χ1v) is 10.5. The number of amides is 3. The Bertz CT molecular complexity index is 963. The molecule has 0 unspecified atom stereocenters. The Labute approximate surface area is 177 Å². The molecule has 4 rings (SSSR count). The molecule has 0 aliphatic carbocycles. The van der Waals surface area contributed by atoms with Gasteiger partial charge in [0.05, 0.1) is 17.7 Å². The van der Waals surface area contributed by atoms with Gasteiger partial charge in [-0.15, -0.1) is 0 Å².